The molecule has 1 saturated carbocycles. The summed E-state index contributed by atoms with van der Waals surface area (Å²) in [4.78, 5) is 16.7. The SMILES string of the molecule is CCCCNc1ncc2c(NC3CCN(C)CC3)ncc(C3CCC(O)CC3)c2n1. The van der Waals surface area contributed by atoms with Crippen molar-refractivity contribution < 1.29 is 5.11 Å². The third-order valence-electron chi connectivity index (χ3n) is 6.66. The lowest BCUT2D eigenvalue weighted by Gasteiger charge is -2.30. The Balaban J connectivity index is 1.63. The Morgan fingerprint density at radius 1 is 1.07 bits per heavy atom. The van der Waals surface area contributed by atoms with Crippen LogP contribution in [0.1, 0.15) is 69.8 Å². The van der Waals surface area contributed by atoms with Crippen LogP contribution < -0.4 is 10.6 Å². The summed E-state index contributed by atoms with van der Waals surface area (Å²) in [6, 6.07) is 0.440. The summed E-state index contributed by atoms with van der Waals surface area (Å²) in [6.45, 7) is 5.30. The first-order valence-electron chi connectivity index (χ1n) is 11.7. The van der Waals surface area contributed by atoms with Gasteiger partial charge in [-0.1, -0.05) is 13.3 Å². The van der Waals surface area contributed by atoms with Crippen LogP contribution in [-0.4, -0.2) is 63.8 Å². The predicted octanol–water partition coefficient (Wildman–Crippen LogP) is 3.76. The van der Waals surface area contributed by atoms with Crippen LogP contribution in [0.15, 0.2) is 12.4 Å². The van der Waals surface area contributed by atoms with Crippen molar-refractivity contribution in [2.45, 2.75) is 76.4 Å². The van der Waals surface area contributed by atoms with Gasteiger partial charge in [-0.2, -0.15) is 0 Å². The van der Waals surface area contributed by atoms with E-state index < -0.39 is 0 Å². The number of likely N-dealkylation sites (tertiary alicyclic amines) is 1. The van der Waals surface area contributed by atoms with E-state index in [9.17, 15) is 5.11 Å². The number of nitrogens with one attached hydrogen (secondary N) is 2. The Hall–Kier alpha value is -1.99. The van der Waals surface area contributed by atoms with E-state index in [2.05, 4.69) is 34.5 Å². The molecule has 1 saturated heterocycles. The molecular formula is C23H36N6O. The normalized spacial score (nSPS) is 23.6. The van der Waals surface area contributed by atoms with Crippen molar-refractivity contribution >= 4 is 22.7 Å². The first kappa shape index (κ1) is 21.2. The fourth-order valence-electron chi connectivity index (χ4n) is 4.65. The summed E-state index contributed by atoms with van der Waals surface area (Å²) in [5.41, 5.74) is 2.21. The Labute approximate surface area is 179 Å². The molecular weight excluding hydrogens is 376 g/mol. The first-order valence-corrected chi connectivity index (χ1v) is 11.7. The van der Waals surface area contributed by atoms with Gasteiger partial charge in [-0.3, -0.25) is 0 Å². The second kappa shape index (κ2) is 9.88. The molecule has 1 aliphatic carbocycles. The molecule has 164 valence electrons. The number of fused-ring (bicyclic) bond motifs is 1. The van der Waals surface area contributed by atoms with Gasteiger partial charge in [-0.05, 0) is 71.0 Å². The summed E-state index contributed by atoms with van der Waals surface area (Å²) >= 11 is 0. The van der Waals surface area contributed by atoms with Gasteiger partial charge in [-0.25, -0.2) is 15.0 Å². The van der Waals surface area contributed by atoms with Crippen LogP contribution in [0, 0.1) is 0 Å². The monoisotopic (exact) mass is 412 g/mol. The van der Waals surface area contributed by atoms with Crippen LogP contribution in [0.25, 0.3) is 10.9 Å². The highest BCUT2D eigenvalue weighted by Gasteiger charge is 2.25. The van der Waals surface area contributed by atoms with Crippen molar-refractivity contribution in [2.24, 2.45) is 0 Å². The minimum atomic E-state index is -0.160. The van der Waals surface area contributed by atoms with Crippen molar-refractivity contribution in [1.29, 1.82) is 0 Å². The molecule has 4 rings (SSSR count). The average Bonchev–Trinajstić information content (AvgIpc) is 2.76. The molecule has 1 aliphatic heterocycles. The second-order valence-electron chi connectivity index (χ2n) is 9.03. The zero-order valence-corrected chi connectivity index (χ0v) is 18.4. The standard InChI is InChI=1S/C23H36N6O/c1-3-4-11-24-23-26-15-20-21(28-23)19(16-5-7-18(30)8-6-16)14-25-22(20)27-17-9-12-29(2)13-10-17/h14-18,30H,3-13H2,1-2H3,(H,25,27)(H,24,26,28). The molecule has 0 bridgehead atoms. The number of piperidine rings is 1. The van der Waals surface area contributed by atoms with E-state index in [4.69, 9.17) is 9.97 Å². The summed E-state index contributed by atoms with van der Waals surface area (Å²) in [5, 5.41) is 18.0. The highest BCUT2D eigenvalue weighted by atomic mass is 16.3. The van der Waals surface area contributed by atoms with Gasteiger partial charge >= 0.3 is 0 Å². The molecule has 2 aliphatic rings. The van der Waals surface area contributed by atoms with Crippen LogP contribution >= 0.6 is 0 Å². The van der Waals surface area contributed by atoms with E-state index >= 15 is 0 Å². The van der Waals surface area contributed by atoms with Crippen molar-refractivity contribution in [3.05, 3.63) is 18.0 Å². The number of rotatable bonds is 7. The van der Waals surface area contributed by atoms with Crippen molar-refractivity contribution in [3.8, 4) is 0 Å². The molecule has 3 heterocycles. The highest BCUT2D eigenvalue weighted by Crippen LogP contribution is 2.37. The Kier molecular flexibility index (Phi) is 7.00. The molecule has 2 fully saturated rings. The van der Waals surface area contributed by atoms with Gasteiger partial charge in [0.15, 0.2) is 0 Å². The number of anilines is 2. The Bertz CT molecular complexity index is 828. The van der Waals surface area contributed by atoms with E-state index in [0.717, 1.165) is 87.7 Å². The topological polar surface area (TPSA) is 86.2 Å². The zero-order valence-electron chi connectivity index (χ0n) is 18.4. The van der Waals surface area contributed by atoms with E-state index in [0.29, 0.717) is 17.9 Å². The Morgan fingerprint density at radius 3 is 2.57 bits per heavy atom. The van der Waals surface area contributed by atoms with E-state index in [1.54, 1.807) is 0 Å². The van der Waals surface area contributed by atoms with Crippen molar-refractivity contribution in [2.75, 3.05) is 37.3 Å². The maximum Gasteiger partial charge on any atom is 0.223 e. The van der Waals surface area contributed by atoms with Crippen LogP contribution in [0.5, 0.6) is 0 Å². The number of nitrogens with zero attached hydrogens (tertiary/aromatic N) is 4. The van der Waals surface area contributed by atoms with Crippen LogP contribution in [0.3, 0.4) is 0 Å². The maximum atomic E-state index is 9.93. The van der Waals surface area contributed by atoms with E-state index in [-0.39, 0.29) is 6.10 Å². The van der Waals surface area contributed by atoms with Crippen molar-refractivity contribution in [3.63, 3.8) is 0 Å². The van der Waals surface area contributed by atoms with Gasteiger partial charge in [0.05, 0.1) is 17.0 Å². The fraction of sp³-hybridized carbons (Fsp3) is 0.696. The lowest BCUT2D eigenvalue weighted by molar-refractivity contribution is 0.122. The third kappa shape index (κ3) is 5.01. The number of aliphatic hydroxyl groups is 1. The molecule has 0 amide bonds. The molecule has 0 radical (unpaired) electrons. The second-order valence-corrected chi connectivity index (χ2v) is 9.03. The molecule has 30 heavy (non-hydrogen) atoms. The Morgan fingerprint density at radius 2 is 1.83 bits per heavy atom. The average molecular weight is 413 g/mol. The number of hydrogen-bond donors (Lipinski definition) is 3. The number of aromatic nitrogens is 3. The molecule has 2 aromatic heterocycles. The zero-order chi connectivity index (χ0) is 20.9. The molecule has 0 spiro atoms. The molecule has 0 unspecified atom stereocenters. The minimum Gasteiger partial charge on any atom is -0.393 e. The lowest BCUT2D eigenvalue weighted by atomic mass is 9.82. The summed E-state index contributed by atoms with van der Waals surface area (Å²) in [6.07, 6.45) is 12.0. The summed E-state index contributed by atoms with van der Waals surface area (Å²) in [5.74, 6) is 2.00. The van der Waals surface area contributed by atoms with Gasteiger partial charge in [0.2, 0.25) is 5.95 Å². The number of unbranched alkanes of at least 4 members (excludes halogenated alkanes) is 1. The number of pyridine rings is 1. The smallest absolute Gasteiger partial charge is 0.223 e. The molecule has 3 N–H and O–H groups in total. The first-order chi connectivity index (χ1) is 14.6. The number of aliphatic hydroxyl groups excluding tert-OH is 1. The fourth-order valence-corrected chi connectivity index (χ4v) is 4.65. The maximum absolute atomic E-state index is 9.93. The number of hydrogen-bond acceptors (Lipinski definition) is 7. The summed E-state index contributed by atoms with van der Waals surface area (Å²) < 4.78 is 0. The molecule has 0 aromatic carbocycles. The highest BCUT2D eigenvalue weighted by molar-refractivity contribution is 5.91. The minimum absolute atomic E-state index is 0.160. The van der Waals surface area contributed by atoms with Crippen LogP contribution in [0.4, 0.5) is 11.8 Å². The van der Waals surface area contributed by atoms with Gasteiger partial charge in [0.1, 0.15) is 5.82 Å². The van der Waals surface area contributed by atoms with E-state index in [1.807, 2.05) is 12.4 Å². The van der Waals surface area contributed by atoms with Gasteiger partial charge in [0, 0.05) is 30.5 Å². The van der Waals surface area contributed by atoms with Crippen LogP contribution in [-0.2, 0) is 0 Å². The lowest BCUT2D eigenvalue weighted by Crippen LogP contribution is -2.36. The third-order valence-corrected chi connectivity index (χ3v) is 6.66. The largest absolute Gasteiger partial charge is 0.393 e. The molecule has 7 heteroatoms. The van der Waals surface area contributed by atoms with Crippen LogP contribution in [0.2, 0.25) is 0 Å². The van der Waals surface area contributed by atoms with Gasteiger partial charge in [0.25, 0.3) is 0 Å². The van der Waals surface area contributed by atoms with Gasteiger partial charge in [-0.15, -0.1) is 0 Å². The van der Waals surface area contributed by atoms with E-state index in [1.165, 1.54) is 5.56 Å². The van der Waals surface area contributed by atoms with Gasteiger partial charge < -0.3 is 20.6 Å². The predicted molar refractivity (Wildman–Crippen MR) is 122 cm³/mol. The quantitative estimate of drug-likeness (QED) is 0.597. The molecule has 7 nitrogen and oxygen atoms in total. The molecule has 2 aromatic rings. The van der Waals surface area contributed by atoms with Crippen molar-refractivity contribution in [1.82, 2.24) is 19.9 Å². The molecule has 0 atom stereocenters. The summed E-state index contributed by atoms with van der Waals surface area (Å²) in [7, 11) is 2.18.